The molecule has 109 valence electrons. The Labute approximate surface area is 114 Å². The van der Waals surface area contributed by atoms with Crippen molar-refractivity contribution >= 4 is 5.97 Å². The first-order valence-electron chi connectivity index (χ1n) is 6.60. The Morgan fingerprint density at radius 1 is 1.47 bits per heavy atom. The van der Waals surface area contributed by atoms with Gasteiger partial charge in [-0.15, -0.1) is 0 Å². The molecule has 1 fully saturated rings. The Morgan fingerprint density at radius 2 is 2.16 bits per heavy atom. The van der Waals surface area contributed by atoms with Gasteiger partial charge in [-0.05, 0) is 26.7 Å². The van der Waals surface area contributed by atoms with Crippen LogP contribution >= 0.6 is 0 Å². The van der Waals surface area contributed by atoms with Crippen LogP contribution in [0.4, 0.5) is 0 Å². The van der Waals surface area contributed by atoms with E-state index >= 15 is 0 Å². The maximum Gasteiger partial charge on any atom is 0.330 e. The van der Waals surface area contributed by atoms with Crippen molar-refractivity contribution in [2.75, 3.05) is 13.2 Å². The predicted molar refractivity (Wildman–Crippen MR) is 70.2 cm³/mol. The summed E-state index contributed by atoms with van der Waals surface area (Å²) in [5, 5.41) is 19.9. The van der Waals surface area contributed by atoms with Crippen LogP contribution in [0.15, 0.2) is 11.6 Å². The van der Waals surface area contributed by atoms with E-state index in [-0.39, 0.29) is 5.92 Å². The number of carbonyl (C=O) groups is 1. The standard InChI is InChI=1S/C14H23O5/c1-4-10-8-19-11(14(17)13(10)16)6-9(3)7-12(15)18-5-2/h7,10-11,13-14,16-17H,1,4-6,8H2,2-3H3/b9-7+/t10-,11-,13+,14-/m0/s1. The Balaban J connectivity index is 2.55. The molecule has 1 saturated heterocycles. The van der Waals surface area contributed by atoms with Crippen LogP contribution in [0, 0.1) is 12.8 Å². The largest absolute Gasteiger partial charge is 0.463 e. The second-order valence-electron chi connectivity index (χ2n) is 4.85. The molecule has 1 aliphatic rings. The molecule has 2 N–H and O–H groups in total. The smallest absolute Gasteiger partial charge is 0.330 e. The lowest BCUT2D eigenvalue weighted by Gasteiger charge is -2.37. The molecule has 1 rings (SSSR count). The molecule has 0 amide bonds. The average Bonchev–Trinajstić information content (AvgIpc) is 2.35. The number of hydrogen-bond donors (Lipinski definition) is 2. The highest BCUT2D eigenvalue weighted by Gasteiger charge is 2.37. The molecule has 0 aromatic rings. The number of aliphatic hydroxyl groups excluding tert-OH is 2. The van der Waals surface area contributed by atoms with Crippen molar-refractivity contribution in [1.29, 1.82) is 0 Å². The summed E-state index contributed by atoms with van der Waals surface area (Å²) in [6.07, 6.45) is 0.0179. The molecule has 19 heavy (non-hydrogen) atoms. The van der Waals surface area contributed by atoms with Gasteiger partial charge in [-0.25, -0.2) is 4.79 Å². The molecule has 0 bridgehead atoms. The first-order chi connectivity index (χ1) is 8.99. The minimum absolute atomic E-state index is 0.138. The highest BCUT2D eigenvalue weighted by molar-refractivity contribution is 5.82. The number of esters is 1. The molecule has 0 aromatic carbocycles. The quantitative estimate of drug-likeness (QED) is 0.572. The highest BCUT2D eigenvalue weighted by atomic mass is 16.5. The zero-order valence-electron chi connectivity index (χ0n) is 11.5. The van der Waals surface area contributed by atoms with Gasteiger partial charge in [0.05, 0.1) is 25.4 Å². The van der Waals surface area contributed by atoms with Gasteiger partial charge in [0.1, 0.15) is 6.10 Å². The Kier molecular flexibility index (Phi) is 6.48. The lowest BCUT2D eigenvalue weighted by atomic mass is 9.88. The fraction of sp³-hybridized carbons (Fsp3) is 0.714. The van der Waals surface area contributed by atoms with Gasteiger partial charge in [0.15, 0.2) is 0 Å². The van der Waals surface area contributed by atoms with E-state index in [0.717, 1.165) is 5.57 Å². The van der Waals surface area contributed by atoms with E-state index in [9.17, 15) is 15.0 Å². The molecular formula is C14H23O5. The topological polar surface area (TPSA) is 76.0 Å². The van der Waals surface area contributed by atoms with Gasteiger partial charge in [-0.3, -0.25) is 0 Å². The third kappa shape index (κ3) is 4.60. The second-order valence-corrected chi connectivity index (χ2v) is 4.85. The SMILES string of the molecule is [CH2]C[C@H]1CO[C@@H](C/C(C)=C/C(=O)OCC)[C@H](O)[C@@H]1O. The van der Waals surface area contributed by atoms with Gasteiger partial charge >= 0.3 is 5.97 Å². The van der Waals surface area contributed by atoms with Gasteiger partial charge in [0.25, 0.3) is 0 Å². The third-order valence-corrected chi connectivity index (χ3v) is 3.28. The van der Waals surface area contributed by atoms with Crippen molar-refractivity contribution < 1.29 is 24.5 Å². The molecule has 4 atom stereocenters. The molecule has 0 saturated carbocycles. The van der Waals surface area contributed by atoms with E-state index in [1.807, 2.05) is 0 Å². The summed E-state index contributed by atoms with van der Waals surface area (Å²) in [5.74, 6) is -0.540. The van der Waals surface area contributed by atoms with Crippen molar-refractivity contribution in [2.24, 2.45) is 5.92 Å². The lowest BCUT2D eigenvalue weighted by Crippen LogP contribution is -2.49. The van der Waals surface area contributed by atoms with Crippen LogP contribution in [0.3, 0.4) is 0 Å². The minimum Gasteiger partial charge on any atom is -0.463 e. The van der Waals surface area contributed by atoms with Crippen LogP contribution in [0.5, 0.6) is 0 Å². The number of ether oxygens (including phenoxy) is 2. The third-order valence-electron chi connectivity index (χ3n) is 3.28. The fourth-order valence-electron chi connectivity index (χ4n) is 2.14. The number of carbonyl (C=O) groups excluding carboxylic acids is 1. The van der Waals surface area contributed by atoms with Crippen molar-refractivity contribution in [3.8, 4) is 0 Å². The van der Waals surface area contributed by atoms with E-state index in [1.54, 1.807) is 13.8 Å². The first-order valence-corrected chi connectivity index (χ1v) is 6.60. The number of aliphatic hydroxyl groups is 2. The predicted octanol–water partition coefficient (Wildman–Crippen LogP) is 0.847. The van der Waals surface area contributed by atoms with Crippen LogP contribution in [0.1, 0.15) is 26.7 Å². The van der Waals surface area contributed by atoms with Gasteiger partial charge in [0, 0.05) is 12.0 Å². The maximum atomic E-state index is 11.3. The highest BCUT2D eigenvalue weighted by Crippen LogP contribution is 2.26. The molecule has 0 unspecified atom stereocenters. The zero-order valence-corrected chi connectivity index (χ0v) is 11.5. The minimum atomic E-state index is -0.953. The number of rotatable bonds is 5. The molecule has 5 nitrogen and oxygen atoms in total. The van der Waals surface area contributed by atoms with Gasteiger partial charge in [-0.1, -0.05) is 12.5 Å². The fourth-order valence-corrected chi connectivity index (χ4v) is 2.14. The molecule has 0 aromatic heterocycles. The number of hydrogen-bond acceptors (Lipinski definition) is 5. The van der Waals surface area contributed by atoms with E-state index in [4.69, 9.17) is 9.47 Å². The van der Waals surface area contributed by atoms with Crippen LogP contribution in [-0.2, 0) is 14.3 Å². The van der Waals surface area contributed by atoms with E-state index in [0.29, 0.717) is 26.1 Å². The Bertz CT molecular complexity index is 326. The van der Waals surface area contributed by atoms with Gasteiger partial charge in [0.2, 0.25) is 0 Å². The molecular weight excluding hydrogens is 248 g/mol. The van der Waals surface area contributed by atoms with Gasteiger partial charge < -0.3 is 19.7 Å². The lowest BCUT2D eigenvalue weighted by molar-refractivity contribution is -0.162. The van der Waals surface area contributed by atoms with Crippen molar-refractivity contribution in [1.82, 2.24) is 0 Å². The van der Waals surface area contributed by atoms with Crippen molar-refractivity contribution in [2.45, 2.75) is 45.0 Å². The van der Waals surface area contributed by atoms with E-state index < -0.39 is 24.3 Å². The second kappa shape index (κ2) is 7.62. The van der Waals surface area contributed by atoms with Crippen LogP contribution in [-0.4, -0.2) is 47.7 Å². The summed E-state index contributed by atoms with van der Waals surface area (Å²) in [7, 11) is 0. The molecule has 0 aliphatic carbocycles. The van der Waals surface area contributed by atoms with Crippen molar-refractivity contribution in [3.63, 3.8) is 0 Å². The summed E-state index contributed by atoms with van der Waals surface area (Å²) in [6.45, 7) is 7.93. The Hall–Kier alpha value is -0.910. The maximum absolute atomic E-state index is 11.3. The average molecular weight is 271 g/mol. The molecule has 1 heterocycles. The summed E-state index contributed by atoms with van der Waals surface area (Å²) in [4.78, 5) is 11.3. The van der Waals surface area contributed by atoms with Gasteiger partial charge in [-0.2, -0.15) is 0 Å². The monoisotopic (exact) mass is 271 g/mol. The normalized spacial score (nSPS) is 32.2. The van der Waals surface area contributed by atoms with Crippen molar-refractivity contribution in [3.05, 3.63) is 18.6 Å². The Morgan fingerprint density at radius 3 is 2.74 bits per heavy atom. The van der Waals surface area contributed by atoms with Crippen LogP contribution in [0.25, 0.3) is 0 Å². The zero-order chi connectivity index (χ0) is 14.4. The van der Waals surface area contributed by atoms with E-state index in [1.165, 1.54) is 6.08 Å². The summed E-state index contributed by atoms with van der Waals surface area (Å²) < 4.78 is 10.3. The van der Waals surface area contributed by atoms with Crippen LogP contribution < -0.4 is 0 Å². The molecule has 1 radical (unpaired) electrons. The van der Waals surface area contributed by atoms with E-state index in [2.05, 4.69) is 6.92 Å². The summed E-state index contributed by atoms with van der Waals surface area (Å²) >= 11 is 0. The summed E-state index contributed by atoms with van der Waals surface area (Å²) in [5.41, 5.74) is 0.753. The molecule has 5 heteroatoms. The summed E-state index contributed by atoms with van der Waals surface area (Å²) in [6, 6.07) is 0. The molecule has 1 aliphatic heterocycles. The van der Waals surface area contributed by atoms with Crippen LogP contribution in [0.2, 0.25) is 0 Å². The first kappa shape index (κ1) is 16.1. The molecule has 0 spiro atoms.